The van der Waals surface area contributed by atoms with Crippen LogP contribution in [0.2, 0.25) is 0 Å². The third-order valence-corrected chi connectivity index (χ3v) is 6.21. The molecule has 5 heteroatoms. The Kier molecular flexibility index (Phi) is 5.56. The average Bonchev–Trinajstić information content (AvgIpc) is 3.45. The van der Waals surface area contributed by atoms with Crippen LogP contribution in [0.4, 0.5) is 0 Å². The Balaban J connectivity index is 1.27. The van der Waals surface area contributed by atoms with Crippen molar-refractivity contribution >= 4 is 11.9 Å². The molecule has 0 saturated heterocycles. The summed E-state index contributed by atoms with van der Waals surface area (Å²) in [6, 6.07) is 16.2. The van der Waals surface area contributed by atoms with E-state index in [9.17, 15) is 9.59 Å². The number of nitrogens with one attached hydrogen (secondary N) is 1. The summed E-state index contributed by atoms with van der Waals surface area (Å²) in [6.07, 6.45) is 4.94. The molecule has 2 unspecified atom stereocenters. The number of carbonyl (C=O) groups is 2. The zero-order valence-electron chi connectivity index (χ0n) is 16.5. The van der Waals surface area contributed by atoms with Crippen LogP contribution in [0.5, 0.6) is 5.75 Å². The van der Waals surface area contributed by atoms with Crippen LogP contribution >= 0.6 is 0 Å². The average molecular weight is 393 g/mol. The van der Waals surface area contributed by atoms with E-state index >= 15 is 0 Å². The highest BCUT2D eigenvalue weighted by Crippen LogP contribution is 2.60. The van der Waals surface area contributed by atoms with Gasteiger partial charge in [-0.2, -0.15) is 0 Å². The van der Waals surface area contributed by atoms with E-state index in [1.807, 2.05) is 24.3 Å². The number of benzene rings is 2. The van der Waals surface area contributed by atoms with E-state index in [-0.39, 0.29) is 23.7 Å². The Morgan fingerprint density at radius 1 is 1.14 bits per heavy atom. The van der Waals surface area contributed by atoms with Crippen molar-refractivity contribution in [3.63, 3.8) is 0 Å². The molecular weight excluding hydrogens is 366 g/mol. The minimum absolute atomic E-state index is 0.0621. The summed E-state index contributed by atoms with van der Waals surface area (Å²) < 4.78 is 5.54. The molecule has 4 rings (SSSR count). The van der Waals surface area contributed by atoms with Crippen LogP contribution in [0.25, 0.3) is 0 Å². The van der Waals surface area contributed by atoms with Crippen LogP contribution < -0.4 is 10.1 Å². The van der Waals surface area contributed by atoms with Crippen molar-refractivity contribution < 1.29 is 19.4 Å². The normalized spacial score (nSPS) is 22.0. The summed E-state index contributed by atoms with van der Waals surface area (Å²) in [4.78, 5) is 23.3. The Morgan fingerprint density at radius 2 is 1.93 bits per heavy atom. The van der Waals surface area contributed by atoms with Gasteiger partial charge in [0, 0.05) is 24.3 Å². The lowest BCUT2D eigenvalue weighted by Crippen LogP contribution is -2.29. The Hall–Kier alpha value is -2.82. The summed E-state index contributed by atoms with van der Waals surface area (Å²) in [6.45, 7) is 0.889. The smallest absolute Gasteiger partial charge is 0.303 e. The fourth-order valence-electron chi connectivity index (χ4n) is 4.61. The number of fused-ring (bicyclic) bond motifs is 2. The van der Waals surface area contributed by atoms with Gasteiger partial charge in [-0.1, -0.05) is 36.4 Å². The molecule has 0 heterocycles. The Morgan fingerprint density at radius 3 is 2.72 bits per heavy atom. The van der Waals surface area contributed by atoms with Gasteiger partial charge in [-0.3, -0.25) is 9.59 Å². The first-order valence-electron chi connectivity index (χ1n) is 10.4. The summed E-state index contributed by atoms with van der Waals surface area (Å²) in [5.74, 6) is 0.135. The van der Waals surface area contributed by atoms with Crippen LogP contribution in [0.15, 0.2) is 48.5 Å². The molecule has 29 heavy (non-hydrogen) atoms. The molecule has 1 amide bonds. The number of carboxylic acids is 1. The standard InChI is InChI=1S/C24H27NO4/c26-22(27)8-4-14-29-19-11-9-17(10-12-19)16-25-23(28)21-15-24(21)13-3-6-18-5-1-2-7-20(18)24/h1-2,5,7,9-12,21H,3-4,6,8,13-16H2,(H,25,28)(H,26,27). The van der Waals surface area contributed by atoms with Gasteiger partial charge in [0.15, 0.2) is 0 Å². The van der Waals surface area contributed by atoms with E-state index in [1.165, 1.54) is 11.1 Å². The van der Waals surface area contributed by atoms with Gasteiger partial charge in [-0.05, 0) is 60.9 Å². The second-order valence-corrected chi connectivity index (χ2v) is 8.13. The molecule has 0 bridgehead atoms. The first kappa shape index (κ1) is 19.5. The van der Waals surface area contributed by atoms with Gasteiger partial charge in [-0.15, -0.1) is 0 Å². The highest BCUT2D eigenvalue weighted by molar-refractivity contribution is 5.84. The maximum absolute atomic E-state index is 12.8. The second-order valence-electron chi connectivity index (χ2n) is 8.13. The molecule has 0 aromatic heterocycles. The first-order chi connectivity index (χ1) is 14.1. The lowest BCUT2D eigenvalue weighted by Gasteiger charge is -2.26. The van der Waals surface area contributed by atoms with Crippen LogP contribution in [0.3, 0.4) is 0 Å². The molecule has 1 saturated carbocycles. The van der Waals surface area contributed by atoms with Gasteiger partial charge in [0.05, 0.1) is 6.61 Å². The highest BCUT2D eigenvalue weighted by atomic mass is 16.5. The first-order valence-corrected chi connectivity index (χ1v) is 10.4. The van der Waals surface area contributed by atoms with Gasteiger partial charge >= 0.3 is 5.97 Å². The van der Waals surface area contributed by atoms with Crippen LogP contribution in [0.1, 0.15) is 48.8 Å². The van der Waals surface area contributed by atoms with Crippen LogP contribution in [0, 0.1) is 5.92 Å². The fourth-order valence-corrected chi connectivity index (χ4v) is 4.61. The van der Waals surface area contributed by atoms with Crippen LogP contribution in [-0.4, -0.2) is 23.6 Å². The van der Waals surface area contributed by atoms with Gasteiger partial charge in [0.2, 0.25) is 5.91 Å². The van der Waals surface area contributed by atoms with Crippen molar-refractivity contribution in [3.8, 4) is 5.75 Å². The number of hydrogen-bond donors (Lipinski definition) is 2. The van der Waals surface area contributed by atoms with E-state index in [0.717, 1.165) is 31.2 Å². The Labute approximate surface area is 171 Å². The van der Waals surface area contributed by atoms with Crippen molar-refractivity contribution in [1.29, 1.82) is 0 Å². The predicted octanol–water partition coefficient (Wildman–Crippen LogP) is 3.84. The number of rotatable bonds is 8. The molecule has 1 fully saturated rings. The van der Waals surface area contributed by atoms with Gasteiger partial charge < -0.3 is 15.2 Å². The molecule has 0 aliphatic heterocycles. The largest absolute Gasteiger partial charge is 0.494 e. The van der Waals surface area contributed by atoms with E-state index < -0.39 is 5.97 Å². The minimum Gasteiger partial charge on any atom is -0.494 e. The summed E-state index contributed by atoms with van der Waals surface area (Å²) in [7, 11) is 0. The number of amides is 1. The number of ether oxygens (including phenoxy) is 1. The molecule has 152 valence electrons. The van der Waals surface area contributed by atoms with Crippen molar-refractivity contribution in [2.45, 2.75) is 50.5 Å². The molecule has 1 spiro atoms. The minimum atomic E-state index is -0.811. The molecule has 2 aliphatic carbocycles. The van der Waals surface area contributed by atoms with Crippen LogP contribution in [-0.2, 0) is 28.0 Å². The highest BCUT2D eigenvalue weighted by Gasteiger charge is 2.59. The predicted molar refractivity (Wildman–Crippen MR) is 110 cm³/mol. The zero-order chi connectivity index (χ0) is 20.3. The third-order valence-electron chi connectivity index (χ3n) is 6.21. The van der Waals surface area contributed by atoms with Gasteiger partial charge in [-0.25, -0.2) is 0 Å². The number of aliphatic carboxylic acids is 1. The van der Waals surface area contributed by atoms with Crippen molar-refractivity contribution in [3.05, 3.63) is 65.2 Å². The van der Waals surface area contributed by atoms with E-state index in [1.54, 1.807) is 0 Å². The monoisotopic (exact) mass is 393 g/mol. The van der Waals surface area contributed by atoms with Crippen molar-refractivity contribution in [2.24, 2.45) is 5.92 Å². The Bertz CT molecular complexity index is 892. The third kappa shape index (κ3) is 4.29. The zero-order valence-corrected chi connectivity index (χ0v) is 16.5. The molecule has 2 aromatic rings. The molecule has 0 radical (unpaired) electrons. The second kappa shape index (κ2) is 8.27. The molecule has 2 aliphatic rings. The molecular formula is C24H27NO4. The topological polar surface area (TPSA) is 75.6 Å². The summed E-state index contributed by atoms with van der Waals surface area (Å²) in [5.41, 5.74) is 3.88. The van der Waals surface area contributed by atoms with Crippen molar-refractivity contribution in [1.82, 2.24) is 5.32 Å². The molecule has 2 aromatic carbocycles. The quantitative estimate of drug-likeness (QED) is 0.668. The number of hydrogen-bond acceptors (Lipinski definition) is 3. The fraction of sp³-hybridized carbons (Fsp3) is 0.417. The van der Waals surface area contributed by atoms with Gasteiger partial charge in [0.1, 0.15) is 5.75 Å². The number of aryl methyl sites for hydroxylation is 1. The molecule has 5 nitrogen and oxygen atoms in total. The van der Waals surface area contributed by atoms with Crippen molar-refractivity contribution in [2.75, 3.05) is 6.61 Å². The van der Waals surface area contributed by atoms with E-state index in [0.29, 0.717) is 25.3 Å². The number of carboxylic acid groups (broad SMARTS) is 1. The van der Waals surface area contributed by atoms with E-state index in [2.05, 4.69) is 29.6 Å². The SMILES string of the molecule is O=C(O)CCCOc1ccc(CNC(=O)C2CC23CCCc2ccccc23)cc1. The summed E-state index contributed by atoms with van der Waals surface area (Å²) in [5, 5.41) is 11.7. The lowest BCUT2D eigenvalue weighted by molar-refractivity contribution is -0.137. The molecule has 2 N–H and O–H groups in total. The maximum Gasteiger partial charge on any atom is 0.303 e. The molecule has 2 atom stereocenters. The van der Waals surface area contributed by atoms with E-state index in [4.69, 9.17) is 9.84 Å². The summed E-state index contributed by atoms with van der Waals surface area (Å²) >= 11 is 0. The number of carbonyl (C=O) groups excluding carboxylic acids is 1. The lowest BCUT2D eigenvalue weighted by atomic mass is 9.78. The maximum atomic E-state index is 12.8. The van der Waals surface area contributed by atoms with Gasteiger partial charge in [0.25, 0.3) is 0 Å².